The van der Waals surface area contributed by atoms with E-state index in [2.05, 4.69) is 0 Å². The molecule has 2 aromatic rings. The highest BCUT2D eigenvalue weighted by Gasteiger charge is 2.18. The standard InChI is InChI=1S/C13H6ClF3O2/c14-9-5-11(16)10(15)4-8(9)6-2-1-3-7(12(6)17)13(18)19/h1-5H,(H,18,19). The van der Waals surface area contributed by atoms with E-state index in [4.69, 9.17) is 16.7 Å². The van der Waals surface area contributed by atoms with Crippen LogP contribution in [-0.2, 0) is 0 Å². The van der Waals surface area contributed by atoms with Crippen molar-refractivity contribution in [1.29, 1.82) is 0 Å². The molecule has 0 aromatic heterocycles. The lowest BCUT2D eigenvalue weighted by atomic mass is 10.0. The molecule has 19 heavy (non-hydrogen) atoms. The lowest BCUT2D eigenvalue weighted by Crippen LogP contribution is -2.02. The number of carboxylic acid groups (broad SMARTS) is 1. The van der Waals surface area contributed by atoms with Crippen LogP contribution in [0.4, 0.5) is 13.2 Å². The minimum absolute atomic E-state index is 0.110. The van der Waals surface area contributed by atoms with Crippen LogP contribution in [0.2, 0.25) is 5.02 Å². The fraction of sp³-hybridized carbons (Fsp3) is 0. The van der Waals surface area contributed by atoms with Crippen LogP contribution in [-0.4, -0.2) is 11.1 Å². The first-order valence-electron chi connectivity index (χ1n) is 5.08. The lowest BCUT2D eigenvalue weighted by Gasteiger charge is -2.08. The van der Waals surface area contributed by atoms with Crippen molar-refractivity contribution in [2.24, 2.45) is 0 Å². The number of halogens is 4. The highest BCUT2D eigenvalue weighted by Crippen LogP contribution is 2.32. The molecule has 0 bridgehead atoms. The monoisotopic (exact) mass is 286 g/mol. The Morgan fingerprint density at radius 1 is 1.05 bits per heavy atom. The van der Waals surface area contributed by atoms with Crippen LogP contribution in [0.15, 0.2) is 30.3 Å². The quantitative estimate of drug-likeness (QED) is 0.843. The van der Waals surface area contributed by atoms with E-state index in [-0.39, 0.29) is 16.1 Å². The van der Waals surface area contributed by atoms with Crippen LogP contribution < -0.4 is 0 Å². The fourth-order valence-electron chi connectivity index (χ4n) is 1.63. The van der Waals surface area contributed by atoms with Gasteiger partial charge in [0, 0.05) is 11.1 Å². The first kappa shape index (κ1) is 13.4. The maximum absolute atomic E-state index is 14.0. The summed E-state index contributed by atoms with van der Waals surface area (Å²) in [5, 5.41) is 8.59. The Kier molecular flexibility index (Phi) is 3.48. The van der Waals surface area contributed by atoms with Gasteiger partial charge in [0.1, 0.15) is 5.82 Å². The Morgan fingerprint density at radius 2 is 1.68 bits per heavy atom. The average molecular weight is 287 g/mol. The van der Waals surface area contributed by atoms with Gasteiger partial charge in [-0.15, -0.1) is 0 Å². The molecule has 2 rings (SSSR count). The number of aromatic carboxylic acids is 1. The number of carboxylic acids is 1. The van der Waals surface area contributed by atoms with Gasteiger partial charge in [-0.05, 0) is 18.2 Å². The summed E-state index contributed by atoms with van der Waals surface area (Å²) in [6.07, 6.45) is 0. The third-order valence-electron chi connectivity index (χ3n) is 2.53. The zero-order chi connectivity index (χ0) is 14.2. The summed E-state index contributed by atoms with van der Waals surface area (Å²) in [6, 6.07) is 5.02. The lowest BCUT2D eigenvalue weighted by molar-refractivity contribution is 0.0692. The van der Waals surface area contributed by atoms with Gasteiger partial charge in [-0.1, -0.05) is 23.7 Å². The van der Waals surface area contributed by atoms with Gasteiger partial charge in [-0.2, -0.15) is 0 Å². The maximum atomic E-state index is 14.0. The summed E-state index contributed by atoms with van der Waals surface area (Å²) in [7, 11) is 0. The van der Waals surface area contributed by atoms with Crippen LogP contribution in [0.25, 0.3) is 11.1 Å². The maximum Gasteiger partial charge on any atom is 0.338 e. The molecule has 0 radical (unpaired) electrons. The number of benzene rings is 2. The molecule has 0 saturated heterocycles. The summed E-state index contributed by atoms with van der Waals surface area (Å²) < 4.78 is 40.1. The van der Waals surface area contributed by atoms with Gasteiger partial charge in [-0.25, -0.2) is 18.0 Å². The van der Waals surface area contributed by atoms with Gasteiger partial charge >= 0.3 is 5.97 Å². The Bertz CT molecular complexity index is 671. The molecule has 1 N–H and O–H groups in total. The summed E-state index contributed by atoms with van der Waals surface area (Å²) in [5.41, 5.74) is -0.886. The fourth-order valence-corrected chi connectivity index (χ4v) is 1.89. The van der Waals surface area contributed by atoms with Crippen molar-refractivity contribution < 1.29 is 23.1 Å². The molecule has 0 spiro atoms. The van der Waals surface area contributed by atoms with Gasteiger partial charge in [0.15, 0.2) is 11.6 Å². The Balaban J connectivity index is 2.69. The summed E-state index contributed by atoms with van der Waals surface area (Å²) in [6.45, 7) is 0. The predicted molar refractivity (Wildman–Crippen MR) is 63.7 cm³/mol. The van der Waals surface area contributed by atoms with Gasteiger partial charge in [-0.3, -0.25) is 0 Å². The van der Waals surface area contributed by atoms with Gasteiger partial charge in [0.05, 0.1) is 10.6 Å². The molecule has 0 amide bonds. The van der Waals surface area contributed by atoms with E-state index in [9.17, 15) is 18.0 Å². The normalized spacial score (nSPS) is 10.5. The molecule has 2 aromatic carbocycles. The van der Waals surface area contributed by atoms with Crippen molar-refractivity contribution in [3.63, 3.8) is 0 Å². The number of hydrogen-bond acceptors (Lipinski definition) is 1. The van der Waals surface area contributed by atoms with Crippen LogP contribution in [0.5, 0.6) is 0 Å². The molecular formula is C13H6ClF3O2. The molecule has 98 valence electrons. The van der Waals surface area contributed by atoms with Crippen molar-refractivity contribution in [1.82, 2.24) is 0 Å². The first-order valence-corrected chi connectivity index (χ1v) is 5.46. The van der Waals surface area contributed by atoms with Crippen molar-refractivity contribution >= 4 is 17.6 Å². The first-order chi connectivity index (χ1) is 8.91. The van der Waals surface area contributed by atoms with E-state index in [1.165, 1.54) is 12.1 Å². The van der Waals surface area contributed by atoms with E-state index in [0.29, 0.717) is 6.07 Å². The van der Waals surface area contributed by atoms with E-state index >= 15 is 0 Å². The Hall–Kier alpha value is -2.01. The molecule has 2 nitrogen and oxygen atoms in total. The Morgan fingerprint density at radius 3 is 2.32 bits per heavy atom. The zero-order valence-electron chi connectivity index (χ0n) is 9.25. The third-order valence-corrected chi connectivity index (χ3v) is 2.84. The van der Waals surface area contributed by atoms with E-state index in [1.807, 2.05) is 0 Å². The zero-order valence-corrected chi connectivity index (χ0v) is 10.0. The van der Waals surface area contributed by atoms with E-state index < -0.39 is 29.0 Å². The predicted octanol–water partition coefficient (Wildman–Crippen LogP) is 4.12. The SMILES string of the molecule is O=C(O)c1cccc(-c2cc(F)c(F)cc2Cl)c1F. The molecule has 0 atom stereocenters. The molecule has 0 aliphatic heterocycles. The minimum Gasteiger partial charge on any atom is -0.478 e. The highest BCUT2D eigenvalue weighted by molar-refractivity contribution is 6.33. The molecule has 0 fully saturated rings. The van der Waals surface area contributed by atoms with Crippen LogP contribution in [0.3, 0.4) is 0 Å². The largest absolute Gasteiger partial charge is 0.478 e. The number of carbonyl (C=O) groups is 1. The summed E-state index contributed by atoms with van der Waals surface area (Å²) >= 11 is 5.72. The van der Waals surface area contributed by atoms with E-state index in [1.54, 1.807) is 0 Å². The molecule has 6 heteroatoms. The second kappa shape index (κ2) is 4.93. The third kappa shape index (κ3) is 2.42. The van der Waals surface area contributed by atoms with Crippen molar-refractivity contribution in [3.8, 4) is 11.1 Å². The molecular weight excluding hydrogens is 281 g/mol. The molecule has 0 unspecified atom stereocenters. The van der Waals surface area contributed by atoms with Crippen LogP contribution in [0, 0.1) is 17.5 Å². The number of hydrogen-bond donors (Lipinski definition) is 1. The van der Waals surface area contributed by atoms with Gasteiger partial charge < -0.3 is 5.11 Å². The van der Waals surface area contributed by atoms with E-state index in [0.717, 1.165) is 12.1 Å². The van der Waals surface area contributed by atoms with Crippen LogP contribution >= 0.6 is 11.6 Å². The molecule has 0 saturated carbocycles. The Labute approximate surface area is 111 Å². The summed E-state index contributed by atoms with van der Waals surface area (Å²) in [4.78, 5) is 10.8. The molecule has 0 aliphatic rings. The second-order valence-electron chi connectivity index (χ2n) is 3.72. The number of rotatable bonds is 2. The smallest absolute Gasteiger partial charge is 0.338 e. The van der Waals surface area contributed by atoms with Crippen LogP contribution in [0.1, 0.15) is 10.4 Å². The molecule has 0 heterocycles. The highest BCUT2D eigenvalue weighted by atomic mass is 35.5. The van der Waals surface area contributed by atoms with Crippen molar-refractivity contribution in [3.05, 3.63) is 58.4 Å². The average Bonchev–Trinajstić information content (AvgIpc) is 2.34. The van der Waals surface area contributed by atoms with Gasteiger partial charge in [0.25, 0.3) is 0 Å². The topological polar surface area (TPSA) is 37.3 Å². The summed E-state index contributed by atoms with van der Waals surface area (Å²) in [5.74, 6) is -4.87. The van der Waals surface area contributed by atoms with Crippen molar-refractivity contribution in [2.45, 2.75) is 0 Å². The molecule has 0 aliphatic carbocycles. The minimum atomic E-state index is -1.46. The van der Waals surface area contributed by atoms with Gasteiger partial charge in [0.2, 0.25) is 0 Å². The van der Waals surface area contributed by atoms with Crippen molar-refractivity contribution in [2.75, 3.05) is 0 Å². The second-order valence-corrected chi connectivity index (χ2v) is 4.13.